The number of halogens is 2. The van der Waals surface area contributed by atoms with Crippen molar-refractivity contribution in [1.29, 1.82) is 0 Å². The van der Waals surface area contributed by atoms with Crippen molar-refractivity contribution in [3.05, 3.63) is 21.6 Å². The fourth-order valence-corrected chi connectivity index (χ4v) is 1.91. The minimum Gasteiger partial charge on any atom is -0.147 e. The molecule has 0 aromatic heterocycles. The molecule has 16 heavy (non-hydrogen) atoms. The monoisotopic (exact) mass is 298 g/mol. The van der Waals surface area contributed by atoms with Crippen LogP contribution in [-0.4, -0.2) is 25.5 Å². The van der Waals surface area contributed by atoms with E-state index in [0.29, 0.717) is 5.41 Å². The summed E-state index contributed by atoms with van der Waals surface area (Å²) in [5, 5.41) is 0. The second-order valence-electron chi connectivity index (χ2n) is 4.98. The molecule has 0 aromatic rings. The average Bonchev–Trinajstić information content (AvgIpc) is 2.07. The van der Waals surface area contributed by atoms with Crippen LogP contribution >= 0.6 is 24.8 Å². The van der Waals surface area contributed by atoms with E-state index in [4.69, 9.17) is 0 Å². The van der Waals surface area contributed by atoms with Crippen LogP contribution in [0.1, 0.15) is 26.7 Å². The molecular formula is C12H22Cl2NTi. The summed E-state index contributed by atoms with van der Waals surface area (Å²) < 4.78 is 1.52. The average molecular weight is 299 g/mol. The summed E-state index contributed by atoms with van der Waals surface area (Å²) in [6.07, 6.45) is 7.14. The molecule has 1 nitrogen and oxygen atoms in total. The molecule has 93 valence electrons. The summed E-state index contributed by atoms with van der Waals surface area (Å²) in [6, 6.07) is 0. The third-order valence-electron chi connectivity index (χ3n) is 2.78. The largest absolute Gasteiger partial charge is 0.147 e. The summed E-state index contributed by atoms with van der Waals surface area (Å²) in [7, 11) is 4.26. The molecule has 0 aromatic carbocycles. The van der Waals surface area contributed by atoms with Crippen molar-refractivity contribution in [3.63, 3.8) is 0 Å². The van der Waals surface area contributed by atoms with Crippen molar-refractivity contribution in [2.24, 2.45) is 5.41 Å². The maximum absolute atomic E-state index is 2.40. The van der Waals surface area contributed by atoms with E-state index < -0.39 is 0 Å². The molecular weight excluding hydrogens is 277 g/mol. The first-order chi connectivity index (χ1) is 6.42. The van der Waals surface area contributed by atoms with Crippen molar-refractivity contribution in [2.45, 2.75) is 26.7 Å². The van der Waals surface area contributed by atoms with Crippen molar-refractivity contribution in [3.8, 4) is 0 Å². The molecule has 0 bridgehead atoms. The van der Waals surface area contributed by atoms with Crippen LogP contribution < -0.4 is 0 Å². The van der Waals surface area contributed by atoms with Gasteiger partial charge in [-0.15, -0.1) is 24.8 Å². The minimum atomic E-state index is 0. The van der Waals surface area contributed by atoms with Gasteiger partial charge in [-0.3, -0.25) is 0 Å². The first kappa shape index (κ1) is 19.1. The Hall–Kier alpha value is 0.734. The van der Waals surface area contributed by atoms with Crippen LogP contribution in [-0.2, 0) is 20.4 Å². The van der Waals surface area contributed by atoms with Gasteiger partial charge in [0.1, 0.15) is 0 Å². The number of rotatable bonds is 3. The zero-order valence-electron chi connectivity index (χ0n) is 10.5. The summed E-state index contributed by atoms with van der Waals surface area (Å²) in [5.41, 5.74) is 1.89. The summed E-state index contributed by atoms with van der Waals surface area (Å²) in [6.45, 7) is 5.78. The maximum atomic E-state index is 2.40. The van der Waals surface area contributed by atoms with Crippen molar-refractivity contribution >= 4 is 24.8 Å². The van der Waals surface area contributed by atoms with Crippen LogP contribution in [0.5, 0.6) is 0 Å². The van der Waals surface area contributed by atoms with Gasteiger partial charge in [-0.1, -0.05) is 0 Å². The normalized spacial score (nSPS) is 18.0. The first-order valence-corrected chi connectivity index (χ1v) is 5.97. The Bertz CT molecular complexity index is 270. The summed E-state index contributed by atoms with van der Waals surface area (Å²) >= 11 is 2.25. The van der Waals surface area contributed by atoms with E-state index in [1.54, 1.807) is 0 Å². The van der Waals surface area contributed by atoms with E-state index in [1.807, 2.05) is 0 Å². The molecule has 0 saturated heterocycles. The standard InChI is InChI=1S/C12H20N.2ClH.Ti/c1-12(2)8-5-11(6-9-12)7-10-13(3)4;;;/h5-6H,7-8,10H2,1-4H3;2*1H;. The molecule has 0 N–H and O–H groups in total. The molecule has 0 unspecified atom stereocenters. The minimum absolute atomic E-state index is 0. The molecule has 0 heterocycles. The zero-order valence-corrected chi connectivity index (χ0v) is 13.7. The van der Waals surface area contributed by atoms with Crippen LogP contribution in [0.25, 0.3) is 0 Å². The van der Waals surface area contributed by atoms with Gasteiger partial charge in [0.15, 0.2) is 0 Å². The Balaban J connectivity index is 0. The Morgan fingerprint density at radius 2 is 1.88 bits per heavy atom. The summed E-state index contributed by atoms with van der Waals surface area (Å²) in [5.74, 6) is 0. The van der Waals surface area contributed by atoms with Gasteiger partial charge in [-0.25, -0.2) is 0 Å². The topological polar surface area (TPSA) is 3.24 Å². The predicted octanol–water partition coefficient (Wildman–Crippen LogP) is 3.57. The Morgan fingerprint density at radius 1 is 1.31 bits per heavy atom. The van der Waals surface area contributed by atoms with E-state index in [2.05, 4.69) is 65.4 Å². The van der Waals surface area contributed by atoms with Gasteiger partial charge in [-0.05, 0) is 0 Å². The quantitative estimate of drug-likeness (QED) is 0.720. The SMILES string of the molecule is CN(C)CCC1=CCC(C)(C)[C]([Ti])=C1.Cl.Cl. The van der Waals surface area contributed by atoms with E-state index >= 15 is 0 Å². The second-order valence-corrected chi connectivity index (χ2v) is 5.82. The number of allylic oxidation sites excluding steroid dienone is 3. The van der Waals surface area contributed by atoms with Crippen molar-refractivity contribution in [1.82, 2.24) is 4.90 Å². The van der Waals surface area contributed by atoms with Crippen molar-refractivity contribution in [2.75, 3.05) is 20.6 Å². The van der Waals surface area contributed by atoms with Gasteiger partial charge in [0.25, 0.3) is 0 Å². The van der Waals surface area contributed by atoms with Crippen LogP contribution in [0, 0.1) is 5.41 Å². The van der Waals surface area contributed by atoms with Gasteiger partial charge in [0.2, 0.25) is 0 Å². The van der Waals surface area contributed by atoms with Gasteiger partial charge < -0.3 is 0 Å². The maximum Gasteiger partial charge on any atom is -0.147 e. The fraction of sp³-hybridized carbons (Fsp3) is 0.667. The Kier molecular flexibility index (Phi) is 9.48. The van der Waals surface area contributed by atoms with E-state index in [9.17, 15) is 0 Å². The molecule has 0 aliphatic heterocycles. The first-order valence-electron chi connectivity index (χ1n) is 5.19. The molecule has 4 heteroatoms. The number of hydrogen-bond acceptors (Lipinski definition) is 1. The number of hydrogen-bond donors (Lipinski definition) is 0. The Morgan fingerprint density at radius 3 is 2.31 bits per heavy atom. The molecule has 0 saturated carbocycles. The second kappa shape index (κ2) is 7.95. The fourth-order valence-electron chi connectivity index (χ4n) is 1.46. The molecule has 0 spiro atoms. The third-order valence-corrected chi connectivity index (χ3v) is 4.06. The van der Waals surface area contributed by atoms with Gasteiger partial charge in [-0.2, -0.15) is 0 Å². The molecule has 0 fully saturated rings. The van der Waals surface area contributed by atoms with E-state index in [-0.39, 0.29) is 24.8 Å². The Labute approximate surface area is 124 Å². The predicted molar refractivity (Wildman–Crippen MR) is 72.2 cm³/mol. The van der Waals surface area contributed by atoms with Gasteiger partial charge >= 0.3 is 99.7 Å². The molecule has 0 radical (unpaired) electrons. The number of nitrogens with zero attached hydrogens (tertiary/aromatic N) is 1. The van der Waals surface area contributed by atoms with Crippen molar-refractivity contribution < 1.29 is 20.4 Å². The van der Waals surface area contributed by atoms with E-state index in [1.165, 1.54) is 22.3 Å². The molecule has 0 amide bonds. The van der Waals surface area contributed by atoms with Crippen LogP contribution in [0.4, 0.5) is 0 Å². The van der Waals surface area contributed by atoms with Crippen LogP contribution in [0.15, 0.2) is 21.6 Å². The smallest absolute Gasteiger partial charge is 0.147 e. The van der Waals surface area contributed by atoms with Gasteiger partial charge in [0, 0.05) is 0 Å². The van der Waals surface area contributed by atoms with Gasteiger partial charge in [0.05, 0.1) is 0 Å². The third kappa shape index (κ3) is 5.88. The molecule has 1 aliphatic carbocycles. The van der Waals surface area contributed by atoms with Crippen LogP contribution in [0.2, 0.25) is 0 Å². The zero-order chi connectivity index (χ0) is 10.8. The molecule has 1 aliphatic rings. The summed E-state index contributed by atoms with van der Waals surface area (Å²) in [4.78, 5) is 2.24. The van der Waals surface area contributed by atoms with E-state index in [0.717, 1.165) is 6.54 Å². The van der Waals surface area contributed by atoms with Crippen LogP contribution in [0.3, 0.4) is 0 Å². The molecule has 1 rings (SSSR count). The molecule has 0 atom stereocenters.